The molecular weight excluding hydrogens is 428 g/mol. The first-order valence-electron chi connectivity index (χ1n) is 12.3. The lowest BCUT2D eigenvalue weighted by Gasteiger charge is -2.40. The second-order valence-corrected chi connectivity index (χ2v) is 9.14. The summed E-state index contributed by atoms with van der Waals surface area (Å²) in [5.74, 6) is 2.48. The van der Waals surface area contributed by atoms with Gasteiger partial charge in [0.2, 0.25) is 0 Å². The highest BCUT2D eigenvalue weighted by molar-refractivity contribution is 5.47. The van der Waals surface area contributed by atoms with Crippen LogP contribution in [-0.2, 0) is 0 Å². The third-order valence-electron chi connectivity index (χ3n) is 7.22. The number of nitrogens with zero attached hydrogens (tertiary/aromatic N) is 6. The van der Waals surface area contributed by atoms with Crippen molar-refractivity contribution in [3.05, 3.63) is 59.9 Å². The highest BCUT2D eigenvalue weighted by Crippen LogP contribution is 2.38. The Morgan fingerprint density at radius 2 is 1.65 bits per heavy atom. The first kappa shape index (κ1) is 22.7. The topological polar surface area (TPSA) is 68.5 Å². The Labute approximate surface area is 201 Å². The van der Waals surface area contributed by atoms with Gasteiger partial charge in [0.05, 0.1) is 20.3 Å². The minimum atomic E-state index is -0.0873. The molecule has 34 heavy (non-hydrogen) atoms. The number of ether oxygens (including phenoxy) is 2. The molecule has 2 aromatic carbocycles. The number of hydrogen-bond acceptors (Lipinski definition) is 7. The SMILES string of the molecule is COc1ccc(C(c2nnnn2C2CCCCC2)N2CCN(c3ccccc3)CC2)c(OC)c1. The first-order valence-corrected chi connectivity index (χ1v) is 12.3. The average Bonchev–Trinajstić information content (AvgIpc) is 3.40. The highest BCUT2D eigenvalue weighted by Gasteiger charge is 2.34. The molecule has 1 aliphatic heterocycles. The second kappa shape index (κ2) is 10.4. The zero-order valence-corrected chi connectivity index (χ0v) is 20.1. The molecule has 1 aromatic heterocycles. The van der Waals surface area contributed by atoms with E-state index in [-0.39, 0.29) is 6.04 Å². The Hall–Kier alpha value is -3.13. The Morgan fingerprint density at radius 1 is 0.882 bits per heavy atom. The van der Waals surface area contributed by atoms with Crippen LogP contribution < -0.4 is 14.4 Å². The zero-order valence-electron chi connectivity index (χ0n) is 20.1. The minimum Gasteiger partial charge on any atom is -0.497 e. The summed E-state index contributed by atoms with van der Waals surface area (Å²) in [5.41, 5.74) is 2.34. The van der Waals surface area contributed by atoms with E-state index < -0.39 is 0 Å². The Kier molecular flexibility index (Phi) is 6.94. The Morgan fingerprint density at radius 3 is 2.35 bits per heavy atom. The number of piperazine rings is 1. The number of tetrazole rings is 1. The maximum absolute atomic E-state index is 5.84. The normalized spacial score (nSPS) is 18.6. The van der Waals surface area contributed by atoms with Crippen molar-refractivity contribution >= 4 is 5.69 Å². The van der Waals surface area contributed by atoms with Gasteiger partial charge in [-0.05, 0) is 47.5 Å². The second-order valence-electron chi connectivity index (χ2n) is 9.14. The largest absolute Gasteiger partial charge is 0.497 e. The number of para-hydroxylation sites is 1. The van der Waals surface area contributed by atoms with Crippen molar-refractivity contribution in [2.24, 2.45) is 0 Å². The summed E-state index contributed by atoms with van der Waals surface area (Å²) in [6.07, 6.45) is 6.02. The van der Waals surface area contributed by atoms with Crippen LogP contribution in [0.25, 0.3) is 0 Å². The van der Waals surface area contributed by atoms with Gasteiger partial charge in [0.1, 0.15) is 17.5 Å². The molecule has 0 radical (unpaired) electrons. The number of methoxy groups -OCH3 is 2. The number of rotatable bonds is 7. The quantitative estimate of drug-likeness (QED) is 0.523. The summed E-state index contributed by atoms with van der Waals surface area (Å²) in [7, 11) is 3.39. The third kappa shape index (κ3) is 4.59. The van der Waals surface area contributed by atoms with Gasteiger partial charge in [-0.1, -0.05) is 37.5 Å². The van der Waals surface area contributed by atoms with Crippen molar-refractivity contribution < 1.29 is 9.47 Å². The van der Waals surface area contributed by atoms with E-state index in [1.165, 1.54) is 24.9 Å². The highest BCUT2D eigenvalue weighted by atomic mass is 16.5. The number of anilines is 1. The Bertz CT molecular complexity index is 1060. The molecule has 1 atom stereocenters. The Balaban J connectivity index is 1.49. The van der Waals surface area contributed by atoms with Crippen LogP contribution in [0, 0.1) is 0 Å². The molecule has 180 valence electrons. The van der Waals surface area contributed by atoms with Crippen molar-refractivity contribution in [1.29, 1.82) is 0 Å². The van der Waals surface area contributed by atoms with Crippen molar-refractivity contribution in [3.8, 4) is 11.5 Å². The van der Waals surface area contributed by atoms with E-state index in [1.807, 2.05) is 12.1 Å². The molecule has 1 aliphatic carbocycles. The van der Waals surface area contributed by atoms with E-state index in [9.17, 15) is 0 Å². The van der Waals surface area contributed by atoms with E-state index in [1.54, 1.807) is 14.2 Å². The van der Waals surface area contributed by atoms with Crippen LogP contribution in [0.1, 0.15) is 55.6 Å². The lowest BCUT2D eigenvalue weighted by atomic mass is 9.94. The summed E-state index contributed by atoms with van der Waals surface area (Å²) in [6.45, 7) is 3.71. The van der Waals surface area contributed by atoms with Gasteiger partial charge in [-0.15, -0.1) is 5.10 Å². The van der Waals surface area contributed by atoms with Gasteiger partial charge in [0.15, 0.2) is 5.82 Å². The lowest BCUT2D eigenvalue weighted by molar-refractivity contribution is 0.190. The maximum Gasteiger partial charge on any atom is 0.173 e. The van der Waals surface area contributed by atoms with Crippen molar-refractivity contribution in [3.63, 3.8) is 0 Å². The predicted octanol–water partition coefficient (Wildman–Crippen LogP) is 4.11. The molecule has 2 heterocycles. The molecule has 5 rings (SSSR count). The van der Waals surface area contributed by atoms with Gasteiger partial charge >= 0.3 is 0 Å². The van der Waals surface area contributed by atoms with E-state index >= 15 is 0 Å². The number of hydrogen-bond donors (Lipinski definition) is 0. The van der Waals surface area contributed by atoms with Crippen LogP contribution >= 0.6 is 0 Å². The summed E-state index contributed by atoms with van der Waals surface area (Å²) >= 11 is 0. The molecule has 1 saturated carbocycles. The average molecular weight is 463 g/mol. The van der Waals surface area contributed by atoms with Gasteiger partial charge in [-0.3, -0.25) is 4.90 Å². The maximum atomic E-state index is 5.84. The van der Waals surface area contributed by atoms with E-state index in [4.69, 9.17) is 9.47 Å². The summed E-state index contributed by atoms with van der Waals surface area (Å²) in [5, 5.41) is 13.2. The van der Waals surface area contributed by atoms with Crippen LogP contribution in [0.3, 0.4) is 0 Å². The molecular formula is C26H34N6O2. The summed E-state index contributed by atoms with van der Waals surface area (Å²) in [4.78, 5) is 4.94. The van der Waals surface area contributed by atoms with Crippen LogP contribution in [0.4, 0.5) is 5.69 Å². The van der Waals surface area contributed by atoms with Gasteiger partial charge in [0, 0.05) is 43.5 Å². The smallest absolute Gasteiger partial charge is 0.173 e. The molecule has 2 fully saturated rings. The van der Waals surface area contributed by atoms with Crippen LogP contribution in [0.5, 0.6) is 11.5 Å². The van der Waals surface area contributed by atoms with Crippen LogP contribution in [0.2, 0.25) is 0 Å². The lowest BCUT2D eigenvalue weighted by Crippen LogP contribution is -2.48. The van der Waals surface area contributed by atoms with Crippen LogP contribution in [-0.4, -0.2) is 65.5 Å². The number of benzene rings is 2. The minimum absolute atomic E-state index is 0.0873. The summed E-state index contributed by atoms with van der Waals surface area (Å²) in [6, 6.07) is 17.0. The van der Waals surface area contributed by atoms with Gasteiger partial charge in [-0.2, -0.15) is 0 Å². The fourth-order valence-corrected chi connectivity index (χ4v) is 5.39. The standard InChI is InChI=1S/C26H34N6O2/c1-33-22-13-14-23(24(19-22)34-2)25(26-27-28-29-32(26)21-11-7-4-8-12-21)31-17-15-30(16-18-31)20-9-5-3-6-10-20/h3,5-6,9-10,13-14,19,21,25H,4,7-8,11-12,15-18H2,1-2H3. The van der Waals surface area contributed by atoms with Crippen molar-refractivity contribution in [2.75, 3.05) is 45.3 Å². The zero-order chi connectivity index (χ0) is 23.3. The van der Waals surface area contributed by atoms with E-state index in [0.29, 0.717) is 6.04 Å². The molecule has 8 nitrogen and oxygen atoms in total. The molecule has 0 amide bonds. The third-order valence-corrected chi connectivity index (χ3v) is 7.22. The van der Waals surface area contributed by atoms with Crippen LogP contribution in [0.15, 0.2) is 48.5 Å². The van der Waals surface area contributed by atoms with Gasteiger partial charge in [-0.25, -0.2) is 4.68 Å². The van der Waals surface area contributed by atoms with Gasteiger partial charge < -0.3 is 14.4 Å². The van der Waals surface area contributed by atoms with E-state index in [2.05, 4.69) is 66.4 Å². The molecule has 0 spiro atoms. The number of aromatic nitrogens is 4. The first-order chi connectivity index (χ1) is 16.8. The molecule has 8 heteroatoms. The monoisotopic (exact) mass is 462 g/mol. The molecule has 2 aliphatic rings. The van der Waals surface area contributed by atoms with Gasteiger partial charge in [0.25, 0.3) is 0 Å². The molecule has 1 saturated heterocycles. The predicted molar refractivity (Wildman–Crippen MR) is 132 cm³/mol. The van der Waals surface area contributed by atoms with Crippen molar-refractivity contribution in [2.45, 2.75) is 44.2 Å². The molecule has 3 aromatic rings. The molecule has 0 N–H and O–H groups in total. The molecule has 0 bridgehead atoms. The van der Waals surface area contributed by atoms with Crippen molar-refractivity contribution in [1.82, 2.24) is 25.1 Å². The van der Waals surface area contributed by atoms with E-state index in [0.717, 1.165) is 61.9 Å². The summed E-state index contributed by atoms with van der Waals surface area (Å²) < 4.78 is 13.4. The molecule has 1 unspecified atom stereocenters. The fourth-order valence-electron chi connectivity index (χ4n) is 5.39. The fraction of sp³-hybridized carbons (Fsp3) is 0.500.